The topological polar surface area (TPSA) is 31.6 Å². The summed E-state index contributed by atoms with van der Waals surface area (Å²) in [6.45, 7) is 22.7. The Morgan fingerprint density at radius 1 is 0.645 bits per heavy atom. The highest BCUT2D eigenvalue weighted by atomic mass is 14.7. The zero-order valence-corrected chi connectivity index (χ0v) is 22.1. The lowest BCUT2D eigenvalue weighted by molar-refractivity contribution is 0.886. The first-order chi connectivity index (χ1) is 15.1. The van der Waals surface area contributed by atoms with Crippen LogP contribution in [0.1, 0.15) is 87.9 Å². The third-order valence-corrected chi connectivity index (χ3v) is 4.51. The molecule has 2 heterocycles. The molecular weight excluding hydrogens is 376 g/mol. The standard InChI is InChI=1S/C10H11N.C9H9N.C4H10.3C2H6.2H2/c1-7-8(2)11-10-6-4-3-5-9(7)10;1-7-6-10-9-5-3-2-4-8(7)9;1-3-4-2;3*1-2;;/h3-6,11H,1-2H3;2-6,10H,1H3;3-4H2,1-2H3;3*1-2H3;2*1H. The largest absolute Gasteiger partial charge is 0.361 e. The Morgan fingerprint density at radius 2 is 1.10 bits per heavy atom. The number of rotatable bonds is 1. The second kappa shape index (κ2) is 19.5. The first kappa shape index (κ1) is 30.7. The minimum Gasteiger partial charge on any atom is -0.361 e. The predicted octanol–water partition coefficient (Wildman–Crippen LogP) is 10.6. The summed E-state index contributed by atoms with van der Waals surface area (Å²) in [6.07, 6.45) is 4.67. The van der Waals surface area contributed by atoms with Gasteiger partial charge in [-0.25, -0.2) is 0 Å². The lowest BCUT2D eigenvalue weighted by Gasteiger charge is -1.87. The zero-order valence-electron chi connectivity index (χ0n) is 22.1. The second-order valence-electron chi connectivity index (χ2n) is 6.44. The van der Waals surface area contributed by atoms with Crippen molar-refractivity contribution in [3.63, 3.8) is 0 Å². The van der Waals surface area contributed by atoms with Crippen molar-refractivity contribution < 1.29 is 2.85 Å². The molecule has 0 atom stereocenters. The van der Waals surface area contributed by atoms with Crippen molar-refractivity contribution in [3.05, 3.63) is 71.5 Å². The Kier molecular flexibility index (Phi) is 19.3. The minimum absolute atomic E-state index is 0. The van der Waals surface area contributed by atoms with Gasteiger partial charge in [-0.1, -0.05) is 105 Å². The number of fused-ring (bicyclic) bond motifs is 2. The van der Waals surface area contributed by atoms with Crippen LogP contribution < -0.4 is 0 Å². The highest BCUT2D eigenvalue weighted by molar-refractivity contribution is 5.84. The molecule has 0 bridgehead atoms. The summed E-state index contributed by atoms with van der Waals surface area (Å²) < 4.78 is 0. The molecule has 0 radical (unpaired) electrons. The lowest BCUT2D eigenvalue weighted by atomic mass is 10.2. The molecule has 178 valence electrons. The SMILES string of the molecule is CC.CC.CC.CCCC.Cc1[nH]c2ccccc2c1C.Cc1c[nH]c2ccccc12.[HH].[HH]. The molecule has 0 aliphatic heterocycles. The summed E-state index contributed by atoms with van der Waals surface area (Å²) in [5.74, 6) is 0. The molecule has 0 saturated heterocycles. The van der Waals surface area contributed by atoms with E-state index in [1.807, 2.05) is 53.8 Å². The monoisotopic (exact) mass is 428 g/mol. The third-order valence-electron chi connectivity index (χ3n) is 4.51. The maximum Gasteiger partial charge on any atom is 0.0458 e. The molecule has 0 amide bonds. The summed E-state index contributed by atoms with van der Waals surface area (Å²) in [5, 5.41) is 2.66. The maximum atomic E-state index is 3.33. The van der Waals surface area contributed by atoms with Crippen LogP contribution in [0.4, 0.5) is 0 Å². The van der Waals surface area contributed by atoms with Crippen LogP contribution in [0.5, 0.6) is 0 Å². The van der Waals surface area contributed by atoms with Crippen LogP contribution in [0.25, 0.3) is 21.8 Å². The molecule has 0 aliphatic carbocycles. The van der Waals surface area contributed by atoms with Crippen LogP contribution in [0.3, 0.4) is 0 Å². The molecule has 2 aromatic carbocycles. The van der Waals surface area contributed by atoms with Gasteiger partial charge in [-0.05, 0) is 44.0 Å². The lowest BCUT2D eigenvalue weighted by Crippen LogP contribution is -1.70. The summed E-state index contributed by atoms with van der Waals surface area (Å²) in [7, 11) is 0. The van der Waals surface area contributed by atoms with Crippen molar-refractivity contribution in [2.45, 2.75) is 89.0 Å². The number of nitrogens with one attached hydrogen (secondary N) is 2. The average Bonchev–Trinajstić information content (AvgIpc) is 3.38. The average molecular weight is 429 g/mol. The van der Waals surface area contributed by atoms with Crippen molar-refractivity contribution in [3.8, 4) is 0 Å². The van der Waals surface area contributed by atoms with Crippen LogP contribution in [-0.4, -0.2) is 9.97 Å². The number of aromatic amines is 2. The van der Waals surface area contributed by atoms with Crippen LogP contribution in [0.2, 0.25) is 0 Å². The van der Waals surface area contributed by atoms with E-state index in [-0.39, 0.29) is 2.85 Å². The quantitative estimate of drug-likeness (QED) is 0.302. The van der Waals surface area contributed by atoms with E-state index in [1.54, 1.807) is 0 Å². The molecule has 4 aromatic rings. The fourth-order valence-corrected chi connectivity index (χ4v) is 2.63. The first-order valence-electron chi connectivity index (χ1n) is 12.1. The van der Waals surface area contributed by atoms with E-state index < -0.39 is 0 Å². The number of hydrogen-bond donors (Lipinski definition) is 2. The van der Waals surface area contributed by atoms with Crippen molar-refractivity contribution in [2.24, 2.45) is 0 Å². The predicted molar refractivity (Wildman–Crippen MR) is 150 cm³/mol. The van der Waals surface area contributed by atoms with Crippen LogP contribution in [-0.2, 0) is 0 Å². The van der Waals surface area contributed by atoms with E-state index in [9.17, 15) is 0 Å². The van der Waals surface area contributed by atoms with Gasteiger partial charge in [0.1, 0.15) is 0 Å². The normalized spacial score (nSPS) is 8.74. The summed E-state index contributed by atoms with van der Waals surface area (Å²) in [4.78, 5) is 6.51. The van der Waals surface area contributed by atoms with Gasteiger partial charge < -0.3 is 9.97 Å². The molecule has 0 saturated carbocycles. The van der Waals surface area contributed by atoms with E-state index in [0.717, 1.165) is 0 Å². The molecule has 2 N–H and O–H groups in total. The van der Waals surface area contributed by atoms with Crippen molar-refractivity contribution in [1.82, 2.24) is 9.97 Å². The van der Waals surface area contributed by atoms with E-state index in [2.05, 4.69) is 87.1 Å². The number of aromatic nitrogens is 2. The molecule has 0 aliphatic rings. The summed E-state index contributed by atoms with van der Waals surface area (Å²) >= 11 is 0. The molecule has 0 fully saturated rings. The van der Waals surface area contributed by atoms with Gasteiger partial charge in [0, 0.05) is 36.5 Å². The molecule has 0 spiro atoms. The Labute approximate surface area is 195 Å². The molecular formula is C29H52N2. The molecule has 2 heteroatoms. The summed E-state index contributed by atoms with van der Waals surface area (Å²) in [6, 6.07) is 16.7. The second-order valence-corrected chi connectivity index (χ2v) is 6.44. The van der Waals surface area contributed by atoms with E-state index >= 15 is 0 Å². The maximum absolute atomic E-state index is 3.33. The van der Waals surface area contributed by atoms with E-state index in [1.165, 1.54) is 51.5 Å². The number of hydrogen-bond acceptors (Lipinski definition) is 0. The Bertz CT molecular complexity index is 922. The van der Waals surface area contributed by atoms with Gasteiger partial charge in [0.25, 0.3) is 0 Å². The molecule has 0 unspecified atom stereocenters. The van der Waals surface area contributed by atoms with Gasteiger partial charge in [0.05, 0.1) is 0 Å². The Balaban J connectivity index is -0.000000177. The number of para-hydroxylation sites is 2. The van der Waals surface area contributed by atoms with Crippen molar-refractivity contribution in [1.29, 1.82) is 0 Å². The molecule has 4 rings (SSSR count). The van der Waals surface area contributed by atoms with Gasteiger partial charge in [0.15, 0.2) is 0 Å². The highest BCUT2D eigenvalue weighted by Gasteiger charge is 2.00. The van der Waals surface area contributed by atoms with Crippen molar-refractivity contribution in [2.75, 3.05) is 0 Å². The van der Waals surface area contributed by atoms with Gasteiger partial charge in [-0.15, -0.1) is 0 Å². The highest BCUT2D eigenvalue weighted by Crippen LogP contribution is 2.19. The number of unbranched alkanes of at least 4 members (excludes halogenated alkanes) is 1. The number of H-pyrrole nitrogens is 2. The van der Waals surface area contributed by atoms with Gasteiger partial charge in [-0.3, -0.25) is 0 Å². The molecule has 2 aromatic heterocycles. The van der Waals surface area contributed by atoms with Gasteiger partial charge in [0.2, 0.25) is 0 Å². The molecule has 2 nitrogen and oxygen atoms in total. The Hall–Kier alpha value is -2.48. The van der Waals surface area contributed by atoms with E-state index in [4.69, 9.17) is 0 Å². The first-order valence-corrected chi connectivity index (χ1v) is 12.1. The fraction of sp³-hybridized carbons (Fsp3) is 0.448. The van der Waals surface area contributed by atoms with Crippen LogP contribution in [0.15, 0.2) is 54.7 Å². The van der Waals surface area contributed by atoms with Crippen LogP contribution in [0, 0.1) is 20.8 Å². The summed E-state index contributed by atoms with van der Waals surface area (Å²) in [5.41, 5.74) is 6.41. The zero-order chi connectivity index (χ0) is 24.2. The van der Waals surface area contributed by atoms with Gasteiger partial charge >= 0.3 is 0 Å². The van der Waals surface area contributed by atoms with Gasteiger partial charge in [-0.2, -0.15) is 0 Å². The Morgan fingerprint density at radius 3 is 1.55 bits per heavy atom. The molecule has 31 heavy (non-hydrogen) atoms. The fourth-order valence-electron chi connectivity index (χ4n) is 2.63. The third kappa shape index (κ3) is 10.4. The smallest absolute Gasteiger partial charge is 0.0458 e. The minimum atomic E-state index is 0. The number of aryl methyl sites for hydroxylation is 3. The number of benzene rings is 2. The van der Waals surface area contributed by atoms with E-state index in [0.29, 0.717) is 0 Å². The van der Waals surface area contributed by atoms with Crippen molar-refractivity contribution >= 4 is 21.8 Å². The van der Waals surface area contributed by atoms with Crippen LogP contribution >= 0.6 is 0 Å².